The Morgan fingerprint density at radius 2 is 2.12 bits per heavy atom. The first-order chi connectivity index (χ1) is 12.0. The van der Waals surface area contributed by atoms with E-state index in [1.54, 1.807) is 0 Å². The number of nitrogen functional groups attached to an aromatic ring is 1. The third-order valence-electron chi connectivity index (χ3n) is 3.97. The maximum Gasteiger partial charge on any atom is 0.330 e. The van der Waals surface area contributed by atoms with E-state index in [1.807, 2.05) is 24.3 Å². The molecule has 7 nitrogen and oxygen atoms in total. The molecule has 0 unspecified atom stereocenters. The highest BCUT2D eigenvalue weighted by Crippen LogP contribution is 2.35. The van der Waals surface area contributed by atoms with Crippen LogP contribution in [0.15, 0.2) is 38.2 Å². The molecule has 3 N–H and O–H groups in total. The second kappa shape index (κ2) is 6.16. The monoisotopic (exact) mass is 374 g/mol. The lowest BCUT2D eigenvalue weighted by molar-refractivity contribution is 0.102. The van der Waals surface area contributed by atoms with Gasteiger partial charge in [0.2, 0.25) is 0 Å². The number of aromatic amines is 1. The van der Waals surface area contributed by atoms with Crippen LogP contribution < -0.4 is 17.0 Å². The van der Waals surface area contributed by atoms with Crippen LogP contribution in [0.1, 0.15) is 29.2 Å². The second-order valence-electron chi connectivity index (χ2n) is 5.78. The Bertz CT molecular complexity index is 1060. The zero-order valence-electron chi connectivity index (χ0n) is 13.0. The zero-order valence-corrected chi connectivity index (χ0v) is 14.7. The van der Waals surface area contributed by atoms with Gasteiger partial charge in [-0.2, -0.15) is 0 Å². The zero-order chi connectivity index (χ0) is 17.6. The van der Waals surface area contributed by atoms with Crippen molar-refractivity contribution >= 4 is 44.9 Å². The number of para-hydroxylation sites is 1. The second-order valence-corrected chi connectivity index (χ2v) is 8.03. The lowest BCUT2D eigenvalue weighted by Crippen LogP contribution is -2.36. The number of hydrogen-bond acceptors (Lipinski definition) is 7. The number of carbonyl (C=O) groups excluding carboxylic acids is 1. The van der Waals surface area contributed by atoms with E-state index < -0.39 is 17.0 Å². The fraction of sp³-hybridized carbons (Fsp3) is 0.250. The lowest BCUT2D eigenvalue weighted by atomic mass is 10.2. The molecule has 4 rings (SSSR count). The fourth-order valence-electron chi connectivity index (χ4n) is 2.64. The predicted molar refractivity (Wildman–Crippen MR) is 98.7 cm³/mol. The summed E-state index contributed by atoms with van der Waals surface area (Å²) in [5, 5.41) is 0. The number of rotatable bonds is 5. The number of carbonyl (C=O) groups is 1. The standard InChI is InChI=1S/C16H14N4O3S2/c17-13-12(14(22)19-15(23)20(13)8-5-6-8)10(21)7-24-16-18-9-3-1-2-4-11(9)25-16/h1-4,8H,5-7,17H2,(H,19,22,23). The summed E-state index contributed by atoms with van der Waals surface area (Å²) in [5.41, 5.74) is 5.41. The Balaban J connectivity index is 1.60. The summed E-state index contributed by atoms with van der Waals surface area (Å²) in [5.74, 6) is -0.403. The number of fused-ring (bicyclic) bond motifs is 1. The van der Waals surface area contributed by atoms with E-state index in [2.05, 4.69) is 9.97 Å². The van der Waals surface area contributed by atoms with Gasteiger partial charge >= 0.3 is 5.69 Å². The van der Waals surface area contributed by atoms with Crippen molar-refractivity contribution < 1.29 is 4.79 Å². The molecule has 9 heteroatoms. The van der Waals surface area contributed by atoms with Crippen LogP contribution >= 0.6 is 23.1 Å². The molecule has 1 aliphatic carbocycles. The molecule has 1 aliphatic rings. The molecule has 1 fully saturated rings. The van der Waals surface area contributed by atoms with Crippen LogP contribution in [-0.2, 0) is 0 Å². The number of Topliss-reactive ketones (excluding diaryl/α,β-unsaturated/α-hetero) is 1. The smallest absolute Gasteiger partial charge is 0.330 e. The summed E-state index contributed by atoms with van der Waals surface area (Å²) in [6, 6.07) is 7.69. The van der Waals surface area contributed by atoms with Gasteiger partial charge in [-0.25, -0.2) is 9.78 Å². The van der Waals surface area contributed by atoms with Crippen molar-refractivity contribution in [2.75, 3.05) is 11.5 Å². The first-order valence-corrected chi connectivity index (χ1v) is 9.50. The van der Waals surface area contributed by atoms with Crippen molar-refractivity contribution in [3.8, 4) is 0 Å². The number of thiazole rings is 1. The number of anilines is 1. The Morgan fingerprint density at radius 1 is 1.36 bits per heavy atom. The molecule has 1 aromatic carbocycles. The topological polar surface area (TPSA) is 111 Å². The van der Waals surface area contributed by atoms with Gasteiger partial charge in [0.05, 0.1) is 16.0 Å². The van der Waals surface area contributed by atoms with Crippen LogP contribution in [0, 0.1) is 0 Å². The van der Waals surface area contributed by atoms with Crippen LogP contribution in [0.4, 0.5) is 5.82 Å². The van der Waals surface area contributed by atoms with Gasteiger partial charge in [0.15, 0.2) is 10.1 Å². The van der Waals surface area contributed by atoms with Gasteiger partial charge in [-0.05, 0) is 25.0 Å². The minimum atomic E-state index is -0.728. The van der Waals surface area contributed by atoms with Crippen molar-refractivity contribution in [3.63, 3.8) is 0 Å². The maximum absolute atomic E-state index is 12.5. The number of ketones is 1. The van der Waals surface area contributed by atoms with Crippen molar-refractivity contribution in [2.45, 2.75) is 23.2 Å². The van der Waals surface area contributed by atoms with Crippen molar-refractivity contribution in [1.29, 1.82) is 0 Å². The minimum Gasteiger partial charge on any atom is -0.384 e. The van der Waals surface area contributed by atoms with Crippen LogP contribution in [0.25, 0.3) is 10.2 Å². The maximum atomic E-state index is 12.5. The highest BCUT2D eigenvalue weighted by molar-refractivity contribution is 8.01. The number of H-pyrrole nitrogens is 1. The molecule has 0 radical (unpaired) electrons. The van der Waals surface area contributed by atoms with E-state index >= 15 is 0 Å². The molecule has 0 saturated heterocycles. The van der Waals surface area contributed by atoms with E-state index in [9.17, 15) is 14.4 Å². The molecule has 2 heterocycles. The number of hydrogen-bond donors (Lipinski definition) is 2. The van der Waals surface area contributed by atoms with Crippen LogP contribution in [-0.4, -0.2) is 26.1 Å². The Morgan fingerprint density at radius 3 is 2.84 bits per heavy atom. The van der Waals surface area contributed by atoms with Gasteiger partial charge in [0.1, 0.15) is 11.4 Å². The molecule has 0 aliphatic heterocycles. The molecule has 0 bridgehead atoms. The van der Waals surface area contributed by atoms with Gasteiger partial charge in [-0.1, -0.05) is 23.9 Å². The van der Waals surface area contributed by atoms with E-state index in [-0.39, 0.29) is 23.2 Å². The number of benzene rings is 1. The van der Waals surface area contributed by atoms with Gasteiger partial charge < -0.3 is 5.73 Å². The summed E-state index contributed by atoms with van der Waals surface area (Å²) >= 11 is 2.75. The van der Waals surface area contributed by atoms with E-state index in [1.165, 1.54) is 27.7 Å². The Hall–Kier alpha value is -2.39. The van der Waals surface area contributed by atoms with Crippen LogP contribution in [0.5, 0.6) is 0 Å². The van der Waals surface area contributed by atoms with Crippen molar-refractivity contribution in [2.24, 2.45) is 0 Å². The quantitative estimate of drug-likeness (QED) is 0.522. The first kappa shape index (κ1) is 16.1. The Labute approximate surface area is 149 Å². The first-order valence-electron chi connectivity index (χ1n) is 7.70. The summed E-state index contributed by atoms with van der Waals surface area (Å²) in [6.07, 6.45) is 1.65. The van der Waals surface area contributed by atoms with Gasteiger partial charge in [-0.15, -0.1) is 11.3 Å². The average molecular weight is 374 g/mol. The van der Waals surface area contributed by atoms with E-state index in [4.69, 9.17) is 5.73 Å². The molecule has 0 atom stereocenters. The van der Waals surface area contributed by atoms with Crippen molar-refractivity contribution in [1.82, 2.24) is 14.5 Å². The van der Waals surface area contributed by atoms with Gasteiger partial charge in [-0.3, -0.25) is 19.1 Å². The van der Waals surface area contributed by atoms with Crippen molar-refractivity contribution in [3.05, 3.63) is 50.7 Å². The van der Waals surface area contributed by atoms with Gasteiger partial charge in [0.25, 0.3) is 5.56 Å². The summed E-state index contributed by atoms with van der Waals surface area (Å²) in [6.45, 7) is 0. The molecule has 0 amide bonds. The summed E-state index contributed by atoms with van der Waals surface area (Å²) < 4.78 is 3.11. The number of thioether (sulfide) groups is 1. The largest absolute Gasteiger partial charge is 0.384 e. The predicted octanol–water partition coefficient (Wildman–Crippen LogP) is 2.04. The summed E-state index contributed by atoms with van der Waals surface area (Å²) in [7, 11) is 0. The average Bonchev–Trinajstić information content (AvgIpc) is 3.30. The highest BCUT2D eigenvalue weighted by Gasteiger charge is 2.30. The molecule has 128 valence electrons. The normalized spacial score (nSPS) is 14.1. The molecule has 3 aromatic rings. The SMILES string of the molecule is Nc1c(C(=O)CSc2nc3ccccc3s2)c(=O)[nH]c(=O)n1C1CC1. The summed E-state index contributed by atoms with van der Waals surface area (Å²) in [4.78, 5) is 43.1. The van der Waals surface area contributed by atoms with Crippen LogP contribution in [0.3, 0.4) is 0 Å². The number of nitrogens with two attached hydrogens (primary N) is 1. The molecular formula is C16H14N4O3S2. The Kier molecular flexibility index (Phi) is 3.97. The molecular weight excluding hydrogens is 360 g/mol. The van der Waals surface area contributed by atoms with E-state index in [0.29, 0.717) is 0 Å². The number of nitrogens with one attached hydrogen (secondary N) is 1. The molecule has 0 spiro atoms. The van der Waals surface area contributed by atoms with Gasteiger partial charge in [0, 0.05) is 6.04 Å². The van der Waals surface area contributed by atoms with E-state index in [0.717, 1.165) is 27.4 Å². The fourth-order valence-corrected chi connectivity index (χ4v) is 4.58. The third kappa shape index (κ3) is 3.00. The molecule has 2 aromatic heterocycles. The molecule has 1 saturated carbocycles. The van der Waals surface area contributed by atoms with Crippen LogP contribution in [0.2, 0.25) is 0 Å². The highest BCUT2D eigenvalue weighted by atomic mass is 32.2. The number of nitrogens with zero attached hydrogens (tertiary/aromatic N) is 2. The number of aromatic nitrogens is 3. The minimum absolute atomic E-state index is 0.0205. The third-order valence-corrected chi connectivity index (χ3v) is 6.15. The lowest BCUT2D eigenvalue weighted by Gasteiger charge is -2.10. The molecule has 25 heavy (non-hydrogen) atoms.